The van der Waals surface area contributed by atoms with Crippen LogP contribution in [-0.4, -0.2) is 54.8 Å². The number of aryl methyl sites for hydroxylation is 2. The zero-order valence-corrected chi connectivity index (χ0v) is 17.0. The Bertz CT molecular complexity index is 785. The van der Waals surface area contributed by atoms with Gasteiger partial charge in [-0.2, -0.15) is 4.98 Å². The molecular formula is C21H30FN5O. The number of benzene rings is 1. The molecule has 2 N–H and O–H groups in total. The highest BCUT2D eigenvalue weighted by molar-refractivity contribution is 5.58. The Labute approximate surface area is 166 Å². The van der Waals surface area contributed by atoms with E-state index in [9.17, 15) is 4.39 Å². The van der Waals surface area contributed by atoms with Gasteiger partial charge in [-0.05, 0) is 62.9 Å². The lowest BCUT2D eigenvalue weighted by Gasteiger charge is -2.15. The molecule has 2 heterocycles. The average Bonchev–Trinajstić information content (AvgIpc) is 3.10. The van der Waals surface area contributed by atoms with Gasteiger partial charge in [-0.25, -0.2) is 9.37 Å². The first-order valence-corrected chi connectivity index (χ1v) is 9.91. The summed E-state index contributed by atoms with van der Waals surface area (Å²) in [4.78, 5) is 11.1. The molecule has 0 saturated carbocycles. The number of unbranched alkanes of at least 4 members (excludes halogenated alkanes) is 1. The second-order valence-electron chi connectivity index (χ2n) is 7.26. The number of methoxy groups -OCH3 is 1. The molecule has 0 spiro atoms. The summed E-state index contributed by atoms with van der Waals surface area (Å²) >= 11 is 0. The molecule has 2 aromatic rings. The molecule has 0 radical (unpaired) electrons. The van der Waals surface area contributed by atoms with E-state index >= 15 is 0 Å². The molecule has 0 amide bonds. The quantitative estimate of drug-likeness (QED) is 0.636. The van der Waals surface area contributed by atoms with Crippen molar-refractivity contribution in [1.29, 1.82) is 0 Å². The number of halogens is 1. The molecule has 0 unspecified atom stereocenters. The first kappa shape index (κ1) is 20.3. The van der Waals surface area contributed by atoms with E-state index < -0.39 is 6.17 Å². The molecule has 1 aliphatic rings. The monoisotopic (exact) mass is 387 g/mol. The van der Waals surface area contributed by atoms with Crippen LogP contribution in [-0.2, 0) is 6.42 Å². The molecule has 1 atom stereocenters. The van der Waals surface area contributed by atoms with Gasteiger partial charge in [-0.3, -0.25) is 0 Å². The van der Waals surface area contributed by atoms with Crippen molar-refractivity contribution < 1.29 is 9.13 Å². The highest BCUT2D eigenvalue weighted by Gasteiger charge is 2.20. The van der Waals surface area contributed by atoms with Crippen molar-refractivity contribution in [3.8, 4) is 5.75 Å². The molecule has 1 fully saturated rings. The fourth-order valence-electron chi connectivity index (χ4n) is 3.57. The first-order chi connectivity index (χ1) is 13.6. The molecule has 0 bridgehead atoms. The first-order valence-electron chi connectivity index (χ1n) is 9.91. The average molecular weight is 388 g/mol. The van der Waals surface area contributed by atoms with Crippen LogP contribution in [0.2, 0.25) is 0 Å². The van der Waals surface area contributed by atoms with Crippen molar-refractivity contribution in [3.63, 3.8) is 0 Å². The van der Waals surface area contributed by atoms with Gasteiger partial charge in [0, 0.05) is 37.6 Å². The lowest BCUT2D eigenvalue weighted by atomic mass is 10.1. The minimum atomic E-state index is -0.643. The van der Waals surface area contributed by atoms with Crippen LogP contribution in [0.5, 0.6) is 5.75 Å². The van der Waals surface area contributed by atoms with Gasteiger partial charge in [0.15, 0.2) is 0 Å². The fraction of sp³-hybridized carbons (Fsp3) is 0.524. The number of rotatable bonds is 9. The van der Waals surface area contributed by atoms with E-state index in [1.807, 2.05) is 32.2 Å². The number of hydrogen-bond donors (Lipinski definition) is 2. The molecule has 1 saturated heterocycles. The summed E-state index contributed by atoms with van der Waals surface area (Å²) in [5.41, 5.74) is 2.98. The minimum absolute atomic E-state index is 0.565. The zero-order chi connectivity index (χ0) is 19.9. The minimum Gasteiger partial charge on any atom is -0.496 e. The molecule has 0 aliphatic carbocycles. The smallest absolute Gasteiger partial charge is 0.229 e. The Hall–Kier alpha value is -2.41. The van der Waals surface area contributed by atoms with Gasteiger partial charge in [0.05, 0.1) is 7.11 Å². The van der Waals surface area contributed by atoms with Gasteiger partial charge in [0.1, 0.15) is 17.7 Å². The van der Waals surface area contributed by atoms with Gasteiger partial charge in [0.2, 0.25) is 5.95 Å². The van der Waals surface area contributed by atoms with Crippen LogP contribution >= 0.6 is 0 Å². The van der Waals surface area contributed by atoms with E-state index in [1.165, 1.54) is 0 Å². The number of anilines is 3. The van der Waals surface area contributed by atoms with E-state index in [2.05, 4.69) is 31.6 Å². The normalized spacial score (nSPS) is 16.9. The number of nitrogens with one attached hydrogen (secondary N) is 2. The number of nitrogens with zero attached hydrogens (tertiary/aromatic N) is 3. The van der Waals surface area contributed by atoms with Crippen molar-refractivity contribution in [2.75, 3.05) is 44.4 Å². The van der Waals surface area contributed by atoms with Crippen LogP contribution in [0.15, 0.2) is 24.3 Å². The largest absolute Gasteiger partial charge is 0.496 e. The van der Waals surface area contributed by atoms with Crippen molar-refractivity contribution in [2.24, 2.45) is 0 Å². The van der Waals surface area contributed by atoms with E-state index in [1.54, 1.807) is 7.11 Å². The Morgan fingerprint density at radius 1 is 1.25 bits per heavy atom. The Morgan fingerprint density at radius 3 is 2.82 bits per heavy atom. The van der Waals surface area contributed by atoms with E-state index in [4.69, 9.17) is 4.74 Å². The molecule has 7 heteroatoms. The number of alkyl halides is 1. The Kier molecular flexibility index (Phi) is 7.03. The SMILES string of the molecule is CNc1cc(C)nc(Nc2ccc(OC)c(CCCCN3CC[C@H](F)C3)c2)n1. The number of hydrogen-bond acceptors (Lipinski definition) is 6. The van der Waals surface area contributed by atoms with Crippen molar-refractivity contribution in [2.45, 2.75) is 38.8 Å². The van der Waals surface area contributed by atoms with Crippen LogP contribution in [0.3, 0.4) is 0 Å². The van der Waals surface area contributed by atoms with Crippen molar-refractivity contribution in [3.05, 3.63) is 35.5 Å². The predicted molar refractivity (Wildman–Crippen MR) is 111 cm³/mol. The van der Waals surface area contributed by atoms with Gasteiger partial charge in [0.25, 0.3) is 0 Å². The van der Waals surface area contributed by atoms with Crippen LogP contribution in [0.25, 0.3) is 0 Å². The third-order valence-corrected chi connectivity index (χ3v) is 5.03. The lowest BCUT2D eigenvalue weighted by molar-refractivity contribution is 0.283. The second kappa shape index (κ2) is 9.68. The molecule has 152 valence electrons. The van der Waals surface area contributed by atoms with Crippen molar-refractivity contribution in [1.82, 2.24) is 14.9 Å². The number of likely N-dealkylation sites (tertiary alicyclic amines) is 1. The van der Waals surface area contributed by atoms with Crippen LogP contribution in [0.4, 0.5) is 21.8 Å². The van der Waals surface area contributed by atoms with Gasteiger partial charge in [-0.1, -0.05) is 0 Å². The van der Waals surface area contributed by atoms with Gasteiger partial charge >= 0.3 is 0 Å². The molecular weight excluding hydrogens is 357 g/mol. The fourth-order valence-corrected chi connectivity index (χ4v) is 3.57. The summed E-state index contributed by atoms with van der Waals surface area (Å²) in [7, 11) is 3.54. The van der Waals surface area contributed by atoms with E-state index in [0.29, 0.717) is 18.9 Å². The summed E-state index contributed by atoms with van der Waals surface area (Å²) in [6.45, 7) is 4.38. The predicted octanol–water partition coefficient (Wildman–Crippen LogP) is 3.95. The summed E-state index contributed by atoms with van der Waals surface area (Å²) in [6.07, 6.45) is 3.05. The highest BCUT2D eigenvalue weighted by Crippen LogP contribution is 2.26. The third kappa shape index (κ3) is 5.55. The molecule has 1 aromatic carbocycles. The maximum absolute atomic E-state index is 13.3. The van der Waals surface area contributed by atoms with Crippen LogP contribution < -0.4 is 15.4 Å². The third-order valence-electron chi connectivity index (χ3n) is 5.03. The van der Waals surface area contributed by atoms with Crippen LogP contribution in [0, 0.1) is 6.92 Å². The summed E-state index contributed by atoms with van der Waals surface area (Å²) in [6, 6.07) is 7.94. The lowest BCUT2D eigenvalue weighted by Crippen LogP contribution is -2.22. The zero-order valence-electron chi connectivity index (χ0n) is 17.0. The highest BCUT2D eigenvalue weighted by atomic mass is 19.1. The van der Waals surface area contributed by atoms with E-state index in [0.717, 1.165) is 60.9 Å². The maximum Gasteiger partial charge on any atom is 0.229 e. The summed E-state index contributed by atoms with van der Waals surface area (Å²) in [5, 5.41) is 6.33. The Morgan fingerprint density at radius 2 is 2.11 bits per heavy atom. The maximum atomic E-state index is 13.3. The molecule has 1 aromatic heterocycles. The molecule has 6 nitrogen and oxygen atoms in total. The number of aromatic nitrogens is 2. The molecule has 1 aliphatic heterocycles. The summed E-state index contributed by atoms with van der Waals surface area (Å²) < 4.78 is 18.8. The second-order valence-corrected chi connectivity index (χ2v) is 7.26. The van der Waals surface area contributed by atoms with E-state index in [-0.39, 0.29) is 0 Å². The standard InChI is InChI=1S/C21H30FN5O/c1-15-12-20(23-2)26-21(24-15)25-18-7-8-19(28-3)16(13-18)6-4-5-10-27-11-9-17(22)14-27/h7-8,12-13,17H,4-6,9-11,14H2,1-3H3,(H2,23,24,25,26)/t17-/m0/s1. The topological polar surface area (TPSA) is 62.3 Å². The Balaban J connectivity index is 1.60. The molecule has 3 rings (SSSR count). The van der Waals surface area contributed by atoms with Crippen LogP contribution in [0.1, 0.15) is 30.5 Å². The van der Waals surface area contributed by atoms with Gasteiger partial charge < -0.3 is 20.3 Å². The molecule has 28 heavy (non-hydrogen) atoms. The number of ether oxygens (including phenoxy) is 1. The van der Waals surface area contributed by atoms with Gasteiger partial charge in [-0.15, -0.1) is 0 Å². The van der Waals surface area contributed by atoms with Crippen molar-refractivity contribution >= 4 is 17.5 Å². The summed E-state index contributed by atoms with van der Waals surface area (Å²) in [5.74, 6) is 2.23.